The van der Waals surface area contributed by atoms with Crippen molar-refractivity contribution in [1.82, 2.24) is 9.21 Å². The highest BCUT2D eigenvalue weighted by atomic mass is 32.2. The molecule has 0 aromatic carbocycles. The standard InChI is InChI=1S/C8H18N4O3S/c9-3-1-2-8(13)11-4-6-12(7-5-11)16(10,14)15/h1-7,9H2,(H2,10,14,15). The van der Waals surface area contributed by atoms with E-state index in [0.29, 0.717) is 32.5 Å². The van der Waals surface area contributed by atoms with Crippen molar-refractivity contribution >= 4 is 16.1 Å². The molecule has 0 aromatic rings. The second-order valence-electron chi connectivity index (χ2n) is 3.72. The zero-order valence-electron chi connectivity index (χ0n) is 9.13. The van der Waals surface area contributed by atoms with Crippen LogP contribution in [0.2, 0.25) is 0 Å². The number of nitrogens with two attached hydrogens (primary N) is 2. The highest BCUT2D eigenvalue weighted by Gasteiger charge is 2.25. The number of rotatable bonds is 4. The molecule has 0 unspecified atom stereocenters. The van der Waals surface area contributed by atoms with E-state index in [9.17, 15) is 13.2 Å². The molecule has 16 heavy (non-hydrogen) atoms. The number of hydrogen-bond acceptors (Lipinski definition) is 4. The Morgan fingerprint density at radius 3 is 2.19 bits per heavy atom. The summed E-state index contributed by atoms with van der Waals surface area (Å²) in [5.41, 5.74) is 5.31. The normalized spacial score (nSPS) is 18.8. The third-order valence-electron chi connectivity index (χ3n) is 2.55. The van der Waals surface area contributed by atoms with Crippen molar-refractivity contribution in [3.63, 3.8) is 0 Å². The van der Waals surface area contributed by atoms with Gasteiger partial charge in [-0.3, -0.25) is 4.79 Å². The molecule has 0 aliphatic carbocycles. The Kier molecular flexibility index (Phi) is 4.66. The van der Waals surface area contributed by atoms with Crippen LogP contribution < -0.4 is 10.9 Å². The molecule has 1 aliphatic rings. The maximum absolute atomic E-state index is 11.6. The van der Waals surface area contributed by atoms with Crippen LogP contribution in [0.3, 0.4) is 0 Å². The lowest BCUT2D eigenvalue weighted by Crippen LogP contribution is -2.52. The zero-order valence-corrected chi connectivity index (χ0v) is 9.95. The predicted octanol–water partition coefficient (Wildman–Crippen LogP) is -1.93. The molecule has 4 N–H and O–H groups in total. The molecule has 0 spiro atoms. The van der Waals surface area contributed by atoms with Crippen molar-refractivity contribution in [2.45, 2.75) is 12.8 Å². The molecule has 1 fully saturated rings. The minimum atomic E-state index is -3.62. The second kappa shape index (κ2) is 5.58. The van der Waals surface area contributed by atoms with Crippen LogP contribution in [-0.4, -0.2) is 56.3 Å². The molecule has 1 amide bonds. The monoisotopic (exact) mass is 250 g/mol. The first kappa shape index (κ1) is 13.4. The first-order chi connectivity index (χ1) is 7.45. The lowest BCUT2D eigenvalue weighted by molar-refractivity contribution is -0.132. The molecule has 1 saturated heterocycles. The number of nitrogens with zero attached hydrogens (tertiary/aromatic N) is 2. The number of carbonyl (C=O) groups is 1. The fraction of sp³-hybridized carbons (Fsp3) is 0.875. The highest BCUT2D eigenvalue weighted by Crippen LogP contribution is 2.06. The fourth-order valence-electron chi connectivity index (χ4n) is 1.60. The molecule has 8 heteroatoms. The Hall–Kier alpha value is -0.700. The lowest BCUT2D eigenvalue weighted by atomic mass is 10.2. The summed E-state index contributed by atoms with van der Waals surface area (Å²) in [4.78, 5) is 13.2. The Bertz CT molecular complexity index is 335. The van der Waals surface area contributed by atoms with Gasteiger partial charge in [-0.1, -0.05) is 0 Å². The molecule has 0 atom stereocenters. The fourth-order valence-corrected chi connectivity index (χ4v) is 2.28. The summed E-state index contributed by atoms with van der Waals surface area (Å²) >= 11 is 0. The number of hydrogen-bond donors (Lipinski definition) is 2. The van der Waals surface area contributed by atoms with E-state index in [1.165, 1.54) is 4.31 Å². The van der Waals surface area contributed by atoms with E-state index in [1.807, 2.05) is 0 Å². The van der Waals surface area contributed by atoms with Gasteiger partial charge >= 0.3 is 0 Å². The van der Waals surface area contributed by atoms with Crippen LogP contribution in [0.15, 0.2) is 0 Å². The molecule has 1 rings (SSSR count). The van der Waals surface area contributed by atoms with Gasteiger partial charge in [-0.15, -0.1) is 0 Å². The van der Waals surface area contributed by atoms with Crippen molar-refractivity contribution in [2.75, 3.05) is 32.7 Å². The largest absolute Gasteiger partial charge is 0.340 e. The van der Waals surface area contributed by atoms with Crippen molar-refractivity contribution in [3.8, 4) is 0 Å². The van der Waals surface area contributed by atoms with Crippen LogP contribution >= 0.6 is 0 Å². The zero-order chi connectivity index (χ0) is 12.2. The number of carbonyl (C=O) groups excluding carboxylic acids is 1. The number of amides is 1. The quantitative estimate of drug-likeness (QED) is 0.605. The van der Waals surface area contributed by atoms with Crippen molar-refractivity contribution in [2.24, 2.45) is 10.9 Å². The summed E-state index contributed by atoms with van der Waals surface area (Å²) in [6.07, 6.45) is 1.08. The van der Waals surface area contributed by atoms with Gasteiger partial charge in [-0.25, -0.2) is 5.14 Å². The Labute approximate surface area is 95.5 Å². The molecule has 0 radical (unpaired) electrons. The topological polar surface area (TPSA) is 110 Å². The first-order valence-corrected chi connectivity index (χ1v) is 6.71. The third kappa shape index (κ3) is 3.71. The van der Waals surface area contributed by atoms with E-state index in [1.54, 1.807) is 4.90 Å². The smallest absolute Gasteiger partial charge is 0.277 e. The van der Waals surface area contributed by atoms with Crippen molar-refractivity contribution in [1.29, 1.82) is 0 Å². The van der Waals surface area contributed by atoms with Gasteiger partial charge in [0.15, 0.2) is 0 Å². The summed E-state index contributed by atoms with van der Waals surface area (Å²) in [6, 6.07) is 0. The summed E-state index contributed by atoms with van der Waals surface area (Å²) < 4.78 is 23.2. The van der Waals surface area contributed by atoms with Crippen molar-refractivity contribution < 1.29 is 13.2 Å². The van der Waals surface area contributed by atoms with E-state index in [-0.39, 0.29) is 19.0 Å². The maximum Gasteiger partial charge on any atom is 0.277 e. The highest BCUT2D eigenvalue weighted by molar-refractivity contribution is 7.86. The van der Waals surface area contributed by atoms with Crippen LogP contribution in [0.4, 0.5) is 0 Å². The molecule has 94 valence electrons. The van der Waals surface area contributed by atoms with E-state index in [0.717, 1.165) is 0 Å². The van der Waals surface area contributed by atoms with E-state index < -0.39 is 10.2 Å². The first-order valence-electron chi connectivity index (χ1n) is 5.21. The minimum absolute atomic E-state index is 0.0273. The van der Waals surface area contributed by atoms with Gasteiger partial charge in [0, 0.05) is 32.6 Å². The van der Waals surface area contributed by atoms with E-state index >= 15 is 0 Å². The summed E-state index contributed by atoms with van der Waals surface area (Å²) in [5, 5.41) is 4.99. The molecule has 1 aliphatic heterocycles. The average molecular weight is 250 g/mol. The Morgan fingerprint density at radius 1 is 1.19 bits per heavy atom. The summed E-state index contributed by atoms with van der Waals surface area (Å²) in [7, 11) is -3.62. The van der Waals surface area contributed by atoms with Crippen LogP contribution in [0, 0.1) is 0 Å². The summed E-state index contributed by atoms with van der Waals surface area (Å²) in [6.45, 7) is 1.84. The maximum atomic E-state index is 11.6. The third-order valence-corrected chi connectivity index (χ3v) is 3.63. The van der Waals surface area contributed by atoms with Gasteiger partial charge in [0.05, 0.1) is 0 Å². The second-order valence-corrected chi connectivity index (χ2v) is 5.26. The molecule has 0 saturated carbocycles. The predicted molar refractivity (Wildman–Crippen MR) is 59.5 cm³/mol. The van der Waals surface area contributed by atoms with Crippen LogP contribution in [0.1, 0.15) is 12.8 Å². The Balaban J connectivity index is 2.40. The number of piperazine rings is 1. The van der Waals surface area contributed by atoms with Crippen LogP contribution in [-0.2, 0) is 15.0 Å². The average Bonchev–Trinajstić information content (AvgIpc) is 2.25. The van der Waals surface area contributed by atoms with Crippen LogP contribution in [0.5, 0.6) is 0 Å². The lowest BCUT2D eigenvalue weighted by Gasteiger charge is -2.32. The molecular weight excluding hydrogens is 232 g/mol. The SMILES string of the molecule is NCCCC(=O)N1CCN(S(N)(=O)=O)CC1. The van der Waals surface area contributed by atoms with Gasteiger partial charge < -0.3 is 10.6 Å². The van der Waals surface area contributed by atoms with Gasteiger partial charge in [-0.05, 0) is 13.0 Å². The van der Waals surface area contributed by atoms with E-state index in [4.69, 9.17) is 10.9 Å². The molecule has 1 heterocycles. The summed E-state index contributed by atoms with van der Waals surface area (Å²) in [5.74, 6) is 0.0273. The van der Waals surface area contributed by atoms with Gasteiger partial charge in [0.2, 0.25) is 5.91 Å². The van der Waals surface area contributed by atoms with Gasteiger partial charge in [0.1, 0.15) is 0 Å². The molecule has 0 bridgehead atoms. The van der Waals surface area contributed by atoms with Crippen LogP contribution in [0.25, 0.3) is 0 Å². The van der Waals surface area contributed by atoms with Gasteiger partial charge in [-0.2, -0.15) is 12.7 Å². The van der Waals surface area contributed by atoms with E-state index in [2.05, 4.69) is 0 Å². The van der Waals surface area contributed by atoms with Crippen molar-refractivity contribution in [3.05, 3.63) is 0 Å². The van der Waals surface area contributed by atoms with Gasteiger partial charge in [0.25, 0.3) is 10.2 Å². The minimum Gasteiger partial charge on any atom is -0.340 e. The Morgan fingerprint density at radius 2 is 1.75 bits per heavy atom. The molecular formula is C8H18N4O3S. The molecule has 7 nitrogen and oxygen atoms in total. The molecule has 0 aromatic heterocycles.